The quantitative estimate of drug-likeness (QED) is 0.191. The van der Waals surface area contributed by atoms with E-state index in [2.05, 4.69) is 15.5 Å². The first-order valence-electron chi connectivity index (χ1n) is 14.3. The van der Waals surface area contributed by atoms with Gasteiger partial charge < -0.3 is 34.8 Å². The van der Waals surface area contributed by atoms with Crippen LogP contribution < -0.4 is 10.6 Å². The van der Waals surface area contributed by atoms with Gasteiger partial charge in [-0.25, -0.2) is 9.64 Å². The molecule has 0 aliphatic carbocycles. The zero-order valence-corrected chi connectivity index (χ0v) is 23.9. The number of carboxylic acids is 1. The third-order valence-corrected chi connectivity index (χ3v) is 7.75. The molecule has 5 rings (SSSR count). The molecule has 0 spiro atoms. The summed E-state index contributed by atoms with van der Waals surface area (Å²) in [7, 11) is 0. The largest absolute Gasteiger partial charge is 0.478 e. The Balaban J connectivity index is 1.47. The highest BCUT2D eigenvalue weighted by molar-refractivity contribution is 6.11. The minimum absolute atomic E-state index is 0.00939. The molecule has 1 unspecified atom stereocenters. The Labute approximate surface area is 248 Å². The summed E-state index contributed by atoms with van der Waals surface area (Å²) < 4.78 is 5.67. The number of nitrogens with one attached hydrogen (secondary N) is 2. The SMILES string of the molecule is [C-]#[N+]/C(C(=O)c1ccc(C(=O)O)cc1)=C(\Nc1ccc2oc(C)cc2c1)NC1CCCCN(CC(=O)N2CCCC2)C1=O. The standard InChI is InChI=1S/C32H33N5O6/c1-20-17-23-18-24(12-13-26(23)43-20)34-30(28(33-2)29(39)21-8-10-22(11-9-21)32(41)42)35-25-7-3-4-16-37(31(25)40)19-27(38)36-14-5-6-15-36/h8-13,17-18,25,34-35H,3-7,14-16,19H2,1H3,(H,41,42)/b30-28+. The van der Waals surface area contributed by atoms with E-state index in [0.717, 1.165) is 30.4 Å². The van der Waals surface area contributed by atoms with Crippen LogP contribution in [0.4, 0.5) is 5.69 Å². The highest BCUT2D eigenvalue weighted by atomic mass is 16.4. The Morgan fingerprint density at radius 2 is 1.70 bits per heavy atom. The molecule has 2 saturated heterocycles. The number of benzene rings is 2. The first kappa shape index (κ1) is 29.4. The van der Waals surface area contributed by atoms with E-state index < -0.39 is 17.8 Å². The van der Waals surface area contributed by atoms with Crippen molar-refractivity contribution >= 4 is 40.2 Å². The number of carbonyl (C=O) groups excluding carboxylic acids is 3. The van der Waals surface area contributed by atoms with Crippen LogP contribution in [0.15, 0.2) is 64.5 Å². The van der Waals surface area contributed by atoms with Crippen LogP contribution in [0.2, 0.25) is 0 Å². The van der Waals surface area contributed by atoms with Crippen LogP contribution >= 0.6 is 0 Å². The van der Waals surface area contributed by atoms with Gasteiger partial charge in [-0.05, 0) is 75.4 Å². The molecular weight excluding hydrogens is 550 g/mol. The molecule has 2 aromatic carbocycles. The van der Waals surface area contributed by atoms with E-state index in [9.17, 15) is 24.3 Å². The number of ketones is 1. The molecule has 0 saturated carbocycles. The van der Waals surface area contributed by atoms with Gasteiger partial charge in [0.2, 0.25) is 11.8 Å². The number of aryl methyl sites for hydroxylation is 1. The molecule has 0 radical (unpaired) electrons. The molecule has 1 aromatic heterocycles. The average molecular weight is 584 g/mol. The third-order valence-electron chi connectivity index (χ3n) is 7.75. The summed E-state index contributed by atoms with van der Waals surface area (Å²) in [6.45, 7) is 11.6. The van der Waals surface area contributed by atoms with Crippen molar-refractivity contribution in [2.75, 3.05) is 31.5 Å². The van der Waals surface area contributed by atoms with Gasteiger partial charge in [-0.15, -0.1) is 0 Å². The number of aromatic carboxylic acids is 1. The lowest BCUT2D eigenvalue weighted by Crippen LogP contribution is -2.49. The number of fused-ring (bicyclic) bond motifs is 1. The van der Waals surface area contributed by atoms with Crippen LogP contribution in [0.5, 0.6) is 0 Å². The molecule has 0 bridgehead atoms. The molecule has 11 heteroatoms. The molecule has 2 fully saturated rings. The van der Waals surface area contributed by atoms with Crippen LogP contribution in [-0.4, -0.2) is 70.7 Å². The zero-order valence-electron chi connectivity index (χ0n) is 23.9. The maximum atomic E-state index is 13.7. The van der Waals surface area contributed by atoms with E-state index in [1.807, 2.05) is 19.1 Å². The Bertz CT molecular complexity index is 1630. The van der Waals surface area contributed by atoms with Crippen LogP contribution in [0.25, 0.3) is 15.8 Å². The van der Waals surface area contributed by atoms with E-state index >= 15 is 0 Å². The molecule has 2 aliphatic rings. The lowest BCUT2D eigenvalue weighted by Gasteiger charge is -2.28. The van der Waals surface area contributed by atoms with Crippen LogP contribution in [-0.2, 0) is 9.59 Å². The number of amides is 2. The van der Waals surface area contributed by atoms with E-state index in [4.69, 9.17) is 11.0 Å². The van der Waals surface area contributed by atoms with Gasteiger partial charge in [0.25, 0.3) is 5.70 Å². The first-order valence-corrected chi connectivity index (χ1v) is 14.3. The van der Waals surface area contributed by atoms with Crippen LogP contribution in [0, 0.1) is 13.5 Å². The van der Waals surface area contributed by atoms with E-state index in [1.54, 1.807) is 21.9 Å². The number of nitrogens with zero attached hydrogens (tertiary/aromatic N) is 3. The lowest BCUT2D eigenvalue weighted by molar-refractivity contribution is -0.140. The topological polar surface area (TPSA) is 137 Å². The summed E-state index contributed by atoms with van der Waals surface area (Å²) in [5, 5.41) is 16.4. The van der Waals surface area contributed by atoms with E-state index in [0.29, 0.717) is 43.7 Å². The van der Waals surface area contributed by atoms with E-state index in [1.165, 1.54) is 24.3 Å². The van der Waals surface area contributed by atoms with Gasteiger partial charge in [-0.2, -0.15) is 0 Å². The summed E-state index contributed by atoms with van der Waals surface area (Å²) in [6, 6.07) is 11.7. The zero-order chi connectivity index (χ0) is 30.5. The lowest BCUT2D eigenvalue weighted by atomic mass is 10.1. The van der Waals surface area contributed by atoms with Gasteiger partial charge in [0.05, 0.1) is 18.7 Å². The van der Waals surface area contributed by atoms with Crippen molar-refractivity contribution in [1.29, 1.82) is 0 Å². The van der Waals surface area contributed by atoms with Crippen molar-refractivity contribution < 1.29 is 28.7 Å². The molecule has 2 amide bonds. The fourth-order valence-corrected chi connectivity index (χ4v) is 5.48. The number of Topliss-reactive ketones (excluding diaryl/α,β-unsaturated/α-hetero) is 1. The number of carbonyl (C=O) groups is 4. The molecule has 43 heavy (non-hydrogen) atoms. The Morgan fingerprint density at radius 3 is 2.40 bits per heavy atom. The van der Waals surface area contributed by atoms with Gasteiger partial charge in [-0.1, -0.05) is 12.1 Å². The summed E-state index contributed by atoms with van der Waals surface area (Å²) >= 11 is 0. The van der Waals surface area contributed by atoms with Crippen molar-refractivity contribution in [3.8, 4) is 0 Å². The summed E-state index contributed by atoms with van der Waals surface area (Å²) in [6.07, 6.45) is 3.81. The normalized spacial score (nSPS) is 17.7. The minimum atomic E-state index is -1.13. The highest BCUT2D eigenvalue weighted by Gasteiger charge is 2.32. The van der Waals surface area contributed by atoms with Gasteiger partial charge in [0.15, 0.2) is 5.78 Å². The summed E-state index contributed by atoms with van der Waals surface area (Å²) in [4.78, 5) is 58.4. The average Bonchev–Trinajstić information content (AvgIpc) is 3.63. The Kier molecular flexibility index (Phi) is 8.76. The van der Waals surface area contributed by atoms with Gasteiger partial charge in [0.1, 0.15) is 23.2 Å². The smallest absolute Gasteiger partial charge is 0.335 e. The van der Waals surface area contributed by atoms with Crippen molar-refractivity contribution in [2.24, 2.45) is 0 Å². The number of furan rings is 1. The molecular formula is C32H33N5O6. The van der Waals surface area contributed by atoms with Crippen LogP contribution in [0.1, 0.15) is 58.6 Å². The second-order valence-corrected chi connectivity index (χ2v) is 10.8. The number of hydrogen-bond acceptors (Lipinski definition) is 7. The molecule has 222 valence electrons. The van der Waals surface area contributed by atoms with Gasteiger partial charge >= 0.3 is 5.97 Å². The Hall–Kier alpha value is -5.11. The number of carboxylic acid groups (broad SMARTS) is 1. The summed E-state index contributed by atoms with van der Waals surface area (Å²) in [5.41, 5.74) is 1.09. The van der Waals surface area contributed by atoms with Crippen LogP contribution in [0.3, 0.4) is 0 Å². The minimum Gasteiger partial charge on any atom is -0.478 e. The van der Waals surface area contributed by atoms with Gasteiger partial charge in [0, 0.05) is 36.3 Å². The molecule has 3 heterocycles. The monoisotopic (exact) mass is 583 g/mol. The number of rotatable bonds is 9. The number of hydrogen-bond donors (Lipinski definition) is 3. The number of likely N-dealkylation sites (tertiary alicyclic amines) is 2. The summed E-state index contributed by atoms with van der Waals surface area (Å²) in [5.74, 6) is -1.33. The molecule has 1 atom stereocenters. The second kappa shape index (κ2) is 12.8. The Morgan fingerprint density at radius 1 is 1.00 bits per heavy atom. The number of anilines is 1. The maximum absolute atomic E-state index is 13.7. The number of allylic oxidation sites excluding steroid dienone is 1. The van der Waals surface area contributed by atoms with Crippen molar-refractivity contribution in [1.82, 2.24) is 15.1 Å². The van der Waals surface area contributed by atoms with E-state index in [-0.39, 0.29) is 41.0 Å². The van der Waals surface area contributed by atoms with Crippen molar-refractivity contribution in [2.45, 2.75) is 45.1 Å². The predicted molar refractivity (Wildman–Crippen MR) is 159 cm³/mol. The molecule has 3 aromatic rings. The van der Waals surface area contributed by atoms with Crippen molar-refractivity contribution in [3.63, 3.8) is 0 Å². The van der Waals surface area contributed by atoms with Gasteiger partial charge in [-0.3, -0.25) is 9.59 Å². The predicted octanol–water partition coefficient (Wildman–Crippen LogP) is 4.42. The second-order valence-electron chi connectivity index (χ2n) is 10.8. The fourth-order valence-electron chi connectivity index (χ4n) is 5.48. The highest BCUT2D eigenvalue weighted by Crippen LogP contribution is 2.25. The fraction of sp³-hybridized carbons (Fsp3) is 0.344. The molecule has 11 nitrogen and oxygen atoms in total. The third kappa shape index (κ3) is 6.70. The maximum Gasteiger partial charge on any atom is 0.335 e. The molecule has 3 N–H and O–H groups in total. The van der Waals surface area contributed by atoms with Crippen molar-refractivity contribution in [3.05, 3.63) is 88.4 Å². The molecule has 2 aliphatic heterocycles. The first-order chi connectivity index (χ1) is 20.7.